The first-order valence-corrected chi connectivity index (χ1v) is 35.7. The van der Waals surface area contributed by atoms with Crippen molar-refractivity contribution in [1.82, 2.24) is 0 Å². The third-order valence-corrected chi connectivity index (χ3v) is 19.9. The van der Waals surface area contributed by atoms with E-state index in [9.17, 15) is 0 Å². The second-order valence-electron chi connectivity index (χ2n) is 26.1. The summed E-state index contributed by atoms with van der Waals surface area (Å²) in [6.45, 7) is 0. The van der Waals surface area contributed by atoms with Gasteiger partial charge in [0.25, 0.3) is 0 Å². The van der Waals surface area contributed by atoms with Gasteiger partial charge in [0.1, 0.15) is 0 Å². The summed E-state index contributed by atoms with van der Waals surface area (Å²) in [6.07, 6.45) is 0. The van der Waals surface area contributed by atoms with E-state index in [4.69, 9.17) is 0 Å². The van der Waals surface area contributed by atoms with Gasteiger partial charge in [-0.1, -0.05) is 424 Å². The lowest BCUT2D eigenvalue weighted by Crippen LogP contribution is -2.09. The predicted molar refractivity (Wildman–Crippen MR) is 440 cm³/mol. The standard InChI is InChI=1S/C104H70/c1-15-43-73(44-16-1)71-72-87-88(74-45-17-2-18-46-74)101(103-96(82-61-33-10-34-62-82)92(78-53-25-6-26-54-78)90(76-49-21-4-22-50-76)93(79-55-27-7-28-56-79)97(103)83-63-35-11-36-64-83)100(86-69-41-14-42-70-86)102(89(87)75-47-19-3-20-48-75)104-98(84-65-37-12-38-66-84)94(80-57-29-8-30-58-80)91(77-51-23-5-24-52-77)95(81-59-31-9-32-60-81)99(104)85-67-39-13-40-68-85/h1-70H. The molecule has 0 amide bonds. The van der Waals surface area contributed by atoms with Crippen LogP contribution in [-0.2, 0) is 0 Å². The van der Waals surface area contributed by atoms with Crippen LogP contribution in [0.5, 0.6) is 0 Å². The van der Waals surface area contributed by atoms with Crippen molar-refractivity contribution in [3.05, 3.63) is 436 Å². The molecule has 104 heavy (non-hydrogen) atoms. The van der Waals surface area contributed by atoms with E-state index in [2.05, 4.69) is 436 Å². The van der Waals surface area contributed by atoms with E-state index in [1.807, 2.05) is 0 Å². The minimum absolute atomic E-state index is 0.885. The van der Waals surface area contributed by atoms with Crippen LogP contribution in [-0.4, -0.2) is 0 Å². The average molecular weight is 1320 g/mol. The number of benzene rings is 17. The van der Waals surface area contributed by atoms with E-state index in [0.29, 0.717) is 0 Å². The molecule has 0 bridgehead atoms. The molecule has 0 fully saturated rings. The Balaban J connectivity index is 1.28. The maximum Gasteiger partial charge on any atom is 0.0418 e. The minimum Gasteiger partial charge on any atom is -0.0622 e. The van der Waals surface area contributed by atoms with Crippen LogP contribution >= 0.6 is 0 Å². The summed E-state index contributed by atoms with van der Waals surface area (Å²) >= 11 is 0. The highest BCUT2D eigenvalue weighted by atomic mass is 14.4. The summed E-state index contributed by atoms with van der Waals surface area (Å²) in [7, 11) is 0. The van der Waals surface area contributed by atoms with Gasteiger partial charge < -0.3 is 0 Å². The van der Waals surface area contributed by atoms with Gasteiger partial charge in [-0.3, -0.25) is 0 Å². The van der Waals surface area contributed by atoms with Crippen molar-refractivity contribution >= 4 is 0 Å². The van der Waals surface area contributed by atoms with Crippen LogP contribution in [0.2, 0.25) is 0 Å². The molecule has 0 N–H and O–H groups in total. The molecule has 0 atom stereocenters. The largest absolute Gasteiger partial charge is 0.0622 e. The molecule has 0 radical (unpaired) electrons. The summed E-state index contributed by atoms with van der Waals surface area (Å²) in [4.78, 5) is 0. The molecule has 17 aromatic carbocycles. The molecule has 0 aliphatic rings. The lowest BCUT2D eigenvalue weighted by atomic mass is 9.67. The van der Waals surface area contributed by atoms with Gasteiger partial charge in [0.05, 0.1) is 0 Å². The van der Waals surface area contributed by atoms with Crippen molar-refractivity contribution in [1.29, 1.82) is 0 Å². The molecule has 486 valence electrons. The lowest BCUT2D eigenvalue weighted by molar-refractivity contribution is 1.48. The molecule has 0 heterocycles. The van der Waals surface area contributed by atoms with Crippen LogP contribution in [0.1, 0.15) is 11.1 Å². The molecule has 0 aliphatic carbocycles. The Bertz CT molecular complexity index is 5350. The van der Waals surface area contributed by atoms with E-state index in [1.165, 1.54) is 0 Å². The van der Waals surface area contributed by atoms with Gasteiger partial charge in [0.2, 0.25) is 0 Å². The maximum atomic E-state index is 4.24. The van der Waals surface area contributed by atoms with E-state index in [0.717, 1.165) is 178 Å². The maximum absolute atomic E-state index is 4.24. The van der Waals surface area contributed by atoms with Crippen LogP contribution in [0.3, 0.4) is 0 Å². The Morgan fingerprint density at radius 2 is 0.212 bits per heavy atom. The quantitative estimate of drug-likeness (QED) is 0.0898. The lowest BCUT2D eigenvalue weighted by Gasteiger charge is -2.35. The third kappa shape index (κ3) is 12.2. The van der Waals surface area contributed by atoms with Crippen molar-refractivity contribution in [2.45, 2.75) is 0 Å². The van der Waals surface area contributed by atoms with Crippen LogP contribution in [0.25, 0.3) is 167 Å². The molecular weight excluding hydrogens is 1250 g/mol. The van der Waals surface area contributed by atoms with Gasteiger partial charge in [-0.2, -0.15) is 0 Å². The monoisotopic (exact) mass is 1320 g/mol. The first kappa shape index (κ1) is 63.7. The van der Waals surface area contributed by atoms with Crippen LogP contribution in [0.4, 0.5) is 0 Å². The molecular formula is C104H70. The zero-order chi connectivity index (χ0) is 69.4. The van der Waals surface area contributed by atoms with Crippen LogP contribution in [0.15, 0.2) is 425 Å². The van der Waals surface area contributed by atoms with Crippen molar-refractivity contribution in [2.24, 2.45) is 0 Å². The zero-order valence-corrected chi connectivity index (χ0v) is 57.4. The van der Waals surface area contributed by atoms with E-state index < -0.39 is 0 Å². The molecule has 0 saturated carbocycles. The molecule has 0 aliphatic heterocycles. The van der Waals surface area contributed by atoms with Gasteiger partial charge >= 0.3 is 0 Å². The summed E-state index contributed by atoms with van der Waals surface area (Å²) in [5.41, 5.74) is 34.0. The van der Waals surface area contributed by atoms with Crippen molar-refractivity contribution in [3.63, 3.8) is 0 Å². The second kappa shape index (κ2) is 29.2. The van der Waals surface area contributed by atoms with Gasteiger partial charge in [0.15, 0.2) is 0 Å². The Labute approximate surface area is 610 Å². The number of hydrogen-bond donors (Lipinski definition) is 0. The fourth-order valence-electron chi connectivity index (χ4n) is 15.6. The van der Waals surface area contributed by atoms with E-state index in [1.54, 1.807) is 0 Å². The Kier molecular flexibility index (Phi) is 17.9. The predicted octanol–water partition coefficient (Wildman–Crippen LogP) is 28.1. The normalized spacial score (nSPS) is 11.0. The van der Waals surface area contributed by atoms with Crippen LogP contribution < -0.4 is 0 Å². The van der Waals surface area contributed by atoms with E-state index >= 15 is 0 Å². The van der Waals surface area contributed by atoms with Crippen molar-refractivity contribution in [2.75, 3.05) is 0 Å². The van der Waals surface area contributed by atoms with Gasteiger partial charge in [0, 0.05) is 33.4 Å². The first-order valence-electron chi connectivity index (χ1n) is 35.7. The fraction of sp³-hybridized carbons (Fsp3) is 0. The number of rotatable bonds is 15. The smallest absolute Gasteiger partial charge is 0.0418 e. The molecule has 0 aromatic heterocycles. The topological polar surface area (TPSA) is 0 Å². The third-order valence-electron chi connectivity index (χ3n) is 19.9. The Morgan fingerprint density at radius 3 is 0.375 bits per heavy atom. The molecule has 0 nitrogen and oxygen atoms in total. The molecule has 0 unspecified atom stereocenters. The van der Waals surface area contributed by atoms with Gasteiger partial charge in [-0.25, -0.2) is 0 Å². The highest BCUT2D eigenvalue weighted by Crippen LogP contribution is 2.65. The molecule has 0 spiro atoms. The summed E-state index contributed by atoms with van der Waals surface area (Å²) in [5.74, 6) is 8.18. The SMILES string of the molecule is C(#Cc1c(-c2ccccc2)c(-c2c(-c3ccccc3)c(-c3ccccc3)c(-c3ccccc3)c(-c3ccccc3)c2-c2ccccc2)c(-c2ccccc2)c(-c2c(-c3ccccc3)c(-c3ccccc3)c(-c3ccccc3)c(-c3ccccc3)c2-c2ccccc2)c1-c1ccccc1)c1ccccc1. The summed E-state index contributed by atoms with van der Waals surface area (Å²) < 4.78 is 0. The molecule has 17 aromatic rings. The van der Waals surface area contributed by atoms with Crippen molar-refractivity contribution < 1.29 is 0 Å². The average Bonchev–Trinajstić information content (AvgIpc) is 0.691. The highest BCUT2D eigenvalue weighted by Gasteiger charge is 2.39. The van der Waals surface area contributed by atoms with E-state index in [-0.39, 0.29) is 0 Å². The van der Waals surface area contributed by atoms with Gasteiger partial charge in [-0.05, 0) is 157 Å². The molecule has 17 rings (SSSR count). The zero-order valence-electron chi connectivity index (χ0n) is 57.4. The van der Waals surface area contributed by atoms with Crippen molar-refractivity contribution in [3.8, 4) is 179 Å². The number of hydrogen-bond acceptors (Lipinski definition) is 0. The first-order chi connectivity index (χ1) is 51.7. The Morgan fingerprint density at radius 1 is 0.0962 bits per heavy atom. The van der Waals surface area contributed by atoms with Gasteiger partial charge in [-0.15, -0.1) is 0 Å². The summed E-state index contributed by atoms with van der Waals surface area (Å²) in [6, 6.07) is 156. The fourth-order valence-corrected chi connectivity index (χ4v) is 15.6. The summed E-state index contributed by atoms with van der Waals surface area (Å²) in [5, 5.41) is 0. The highest BCUT2D eigenvalue weighted by molar-refractivity contribution is 6.25. The van der Waals surface area contributed by atoms with Crippen LogP contribution in [0, 0.1) is 11.8 Å². The minimum atomic E-state index is 0.885. The second-order valence-corrected chi connectivity index (χ2v) is 26.1. The Hall–Kier alpha value is -13.7. The molecule has 0 saturated heterocycles. The molecule has 0 heteroatoms.